The molecule has 0 radical (unpaired) electrons. The highest BCUT2D eigenvalue weighted by Gasteiger charge is 2.31. The standard InChI is InChI=1S/C29H26FN3O2/c1-29(30)14-12-24(20-7-3-2-4-8-20)25(19-29)28(35)32-23-10-11-26-21(17-23)13-16-33(26)27(34)18-22-9-5-6-15-31-22/h2-12,14-15,17,19,24H,13,16,18H2,1H3,(H,32,35). The van der Waals surface area contributed by atoms with Gasteiger partial charge >= 0.3 is 0 Å². The van der Waals surface area contributed by atoms with E-state index >= 15 is 0 Å². The molecule has 0 spiro atoms. The lowest BCUT2D eigenvalue weighted by Crippen LogP contribution is -2.30. The SMILES string of the molecule is CC1(F)C=CC(c2ccccc2)C(C(=O)Nc2ccc3c(c2)CCN3C(=O)Cc2ccccn2)=C1. The van der Waals surface area contributed by atoms with E-state index in [0.29, 0.717) is 24.2 Å². The predicted octanol–water partition coefficient (Wildman–Crippen LogP) is 5.16. The van der Waals surface area contributed by atoms with Gasteiger partial charge in [-0.3, -0.25) is 14.6 Å². The number of carbonyl (C=O) groups excluding carboxylic acids is 2. The van der Waals surface area contributed by atoms with Crippen LogP contribution in [0.1, 0.15) is 29.7 Å². The molecule has 0 saturated heterocycles. The molecular formula is C29H26FN3O2. The van der Waals surface area contributed by atoms with Gasteiger partial charge in [0.05, 0.1) is 6.42 Å². The Morgan fingerprint density at radius 3 is 2.69 bits per heavy atom. The molecule has 0 bridgehead atoms. The van der Waals surface area contributed by atoms with Gasteiger partial charge in [0, 0.05) is 41.3 Å². The molecule has 35 heavy (non-hydrogen) atoms. The molecule has 6 heteroatoms. The number of benzene rings is 2. The van der Waals surface area contributed by atoms with Crippen molar-refractivity contribution in [2.24, 2.45) is 0 Å². The van der Waals surface area contributed by atoms with Gasteiger partial charge < -0.3 is 10.2 Å². The van der Waals surface area contributed by atoms with Gasteiger partial charge in [0.1, 0.15) is 5.67 Å². The van der Waals surface area contributed by atoms with Gasteiger partial charge in [-0.1, -0.05) is 42.5 Å². The van der Waals surface area contributed by atoms with Crippen LogP contribution in [0.2, 0.25) is 0 Å². The predicted molar refractivity (Wildman–Crippen MR) is 135 cm³/mol. The number of allylic oxidation sites excluding steroid dienone is 3. The quantitative estimate of drug-likeness (QED) is 0.527. The number of hydrogen-bond acceptors (Lipinski definition) is 3. The Labute approximate surface area is 204 Å². The van der Waals surface area contributed by atoms with Gasteiger partial charge in [0.2, 0.25) is 5.91 Å². The van der Waals surface area contributed by atoms with Crippen LogP contribution in [0.5, 0.6) is 0 Å². The largest absolute Gasteiger partial charge is 0.322 e. The summed E-state index contributed by atoms with van der Waals surface area (Å²) < 4.78 is 14.8. The zero-order valence-electron chi connectivity index (χ0n) is 19.4. The van der Waals surface area contributed by atoms with Crippen LogP contribution in [-0.2, 0) is 22.4 Å². The van der Waals surface area contributed by atoms with Crippen LogP contribution in [0.15, 0.2) is 96.7 Å². The lowest BCUT2D eigenvalue weighted by molar-refractivity contribution is -0.118. The first-order valence-electron chi connectivity index (χ1n) is 11.7. The van der Waals surface area contributed by atoms with Crippen molar-refractivity contribution in [1.29, 1.82) is 0 Å². The second-order valence-electron chi connectivity index (χ2n) is 9.09. The summed E-state index contributed by atoms with van der Waals surface area (Å²) in [5, 5.41) is 2.94. The van der Waals surface area contributed by atoms with E-state index in [1.165, 1.54) is 19.1 Å². The monoisotopic (exact) mass is 467 g/mol. The molecule has 1 aliphatic carbocycles. The lowest BCUT2D eigenvalue weighted by atomic mass is 9.82. The van der Waals surface area contributed by atoms with Crippen LogP contribution in [0.25, 0.3) is 0 Å². The maximum Gasteiger partial charge on any atom is 0.252 e. The number of alkyl halides is 1. The number of pyridine rings is 1. The molecule has 2 amide bonds. The molecule has 0 saturated carbocycles. The van der Waals surface area contributed by atoms with Crippen LogP contribution < -0.4 is 10.2 Å². The first-order chi connectivity index (χ1) is 16.9. The summed E-state index contributed by atoms with van der Waals surface area (Å²) >= 11 is 0. The number of rotatable bonds is 5. The van der Waals surface area contributed by atoms with E-state index < -0.39 is 5.67 Å². The molecular weight excluding hydrogens is 441 g/mol. The smallest absolute Gasteiger partial charge is 0.252 e. The molecule has 1 aromatic heterocycles. The first kappa shape index (κ1) is 22.7. The molecule has 2 heterocycles. The van der Waals surface area contributed by atoms with Crippen LogP contribution in [0.4, 0.5) is 15.8 Å². The Hall–Kier alpha value is -4.06. The molecule has 0 fully saturated rings. The summed E-state index contributed by atoms with van der Waals surface area (Å²) in [6, 6.07) is 20.7. The maximum absolute atomic E-state index is 14.8. The number of amides is 2. The third kappa shape index (κ3) is 4.92. The summed E-state index contributed by atoms with van der Waals surface area (Å²) in [7, 11) is 0. The summed E-state index contributed by atoms with van der Waals surface area (Å²) in [6.07, 6.45) is 7.26. The van der Waals surface area contributed by atoms with Crippen molar-refractivity contribution in [1.82, 2.24) is 4.98 Å². The molecule has 5 rings (SSSR count). The number of anilines is 2. The average Bonchev–Trinajstić information content (AvgIpc) is 3.28. The summed E-state index contributed by atoms with van der Waals surface area (Å²) in [6.45, 7) is 2.02. The second-order valence-corrected chi connectivity index (χ2v) is 9.09. The Morgan fingerprint density at radius 1 is 1.11 bits per heavy atom. The number of carbonyl (C=O) groups is 2. The van der Waals surface area contributed by atoms with Crippen LogP contribution in [0.3, 0.4) is 0 Å². The molecule has 2 atom stereocenters. The second kappa shape index (κ2) is 9.29. The number of hydrogen-bond donors (Lipinski definition) is 1. The molecule has 2 aromatic carbocycles. The average molecular weight is 468 g/mol. The number of nitrogens with zero attached hydrogens (tertiary/aromatic N) is 2. The fraction of sp³-hybridized carbons (Fsp3) is 0.207. The van der Waals surface area contributed by atoms with Gasteiger partial charge in [0.25, 0.3) is 5.91 Å². The molecule has 2 aliphatic rings. The third-order valence-electron chi connectivity index (χ3n) is 6.40. The van der Waals surface area contributed by atoms with Gasteiger partial charge in [-0.05, 0) is 67.0 Å². The minimum Gasteiger partial charge on any atom is -0.322 e. The zero-order chi connectivity index (χ0) is 24.4. The minimum atomic E-state index is -1.69. The molecule has 176 valence electrons. The zero-order valence-corrected chi connectivity index (χ0v) is 19.4. The Balaban J connectivity index is 1.33. The van der Waals surface area contributed by atoms with E-state index in [4.69, 9.17) is 0 Å². The highest BCUT2D eigenvalue weighted by Crippen LogP contribution is 2.36. The van der Waals surface area contributed by atoms with Gasteiger partial charge in [0.15, 0.2) is 0 Å². The molecule has 5 nitrogen and oxygen atoms in total. The molecule has 3 aromatic rings. The molecule has 1 aliphatic heterocycles. The summed E-state index contributed by atoms with van der Waals surface area (Å²) in [5.74, 6) is -0.673. The van der Waals surface area contributed by atoms with E-state index in [1.807, 2.05) is 60.7 Å². The van der Waals surface area contributed by atoms with Crippen LogP contribution in [-0.4, -0.2) is 29.0 Å². The van der Waals surface area contributed by atoms with E-state index in [1.54, 1.807) is 23.2 Å². The van der Waals surface area contributed by atoms with E-state index in [0.717, 1.165) is 22.5 Å². The van der Waals surface area contributed by atoms with Crippen molar-refractivity contribution in [3.8, 4) is 0 Å². The highest BCUT2D eigenvalue weighted by atomic mass is 19.1. The van der Waals surface area contributed by atoms with Gasteiger partial charge in [-0.2, -0.15) is 0 Å². The van der Waals surface area contributed by atoms with Crippen molar-refractivity contribution in [2.75, 3.05) is 16.8 Å². The minimum absolute atomic E-state index is 0.00804. The summed E-state index contributed by atoms with van der Waals surface area (Å²) in [5.41, 5.74) is 2.80. The van der Waals surface area contributed by atoms with Crippen molar-refractivity contribution in [2.45, 2.75) is 31.4 Å². The normalized spacial score (nSPS) is 20.8. The fourth-order valence-electron chi connectivity index (χ4n) is 4.68. The fourth-order valence-corrected chi connectivity index (χ4v) is 4.68. The number of aromatic nitrogens is 1. The van der Waals surface area contributed by atoms with Crippen molar-refractivity contribution < 1.29 is 14.0 Å². The lowest BCUT2D eigenvalue weighted by Gasteiger charge is -2.25. The summed E-state index contributed by atoms with van der Waals surface area (Å²) in [4.78, 5) is 32.1. The first-order valence-corrected chi connectivity index (χ1v) is 11.7. The molecule has 2 unspecified atom stereocenters. The topological polar surface area (TPSA) is 62.3 Å². The van der Waals surface area contributed by atoms with Gasteiger partial charge in [-0.15, -0.1) is 0 Å². The highest BCUT2D eigenvalue weighted by molar-refractivity contribution is 6.06. The van der Waals surface area contributed by atoms with Crippen LogP contribution in [0, 0.1) is 0 Å². The van der Waals surface area contributed by atoms with Crippen molar-refractivity contribution >= 4 is 23.2 Å². The van der Waals surface area contributed by atoms with Crippen molar-refractivity contribution in [3.63, 3.8) is 0 Å². The van der Waals surface area contributed by atoms with Crippen LogP contribution >= 0.6 is 0 Å². The number of halogens is 1. The number of fused-ring (bicyclic) bond motifs is 1. The van der Waals surface area contributed by atoms with Crippen molar-refractivity contribution in [3.05, 3.63) is 114 Å². The Bertz CT molecular complexity index is 1320. The number of nitrogens with one attached hydrogen (secondary N) is 1. The van der Waals surface area contributed by atoms with E-state index in [2.05, 4.69) is 10.3 Å². The van der Waals surface area contributed by atoms with E-state index in [9.17, 15) is 14.0 Å². The Kier molecular flexibility index (Phi) is 6.03. The molecule has 1 N–H and O–H groups in total. The Morgan fingerprint density at radius 2 is 1.91 bits per heavy atom. The maximum atomic E-state index is 14.8. The van der Waals surface area contributed by atoms with E-state index in [-0.39, 0.29) is 24.2 Å². The van der Waals surface area contributed by atoms with Gasteiger partial charge in [-0.25, -0.2) is 4.39 Å². The third-order valence-corrected chi connectivity index (χ3v) is 6.40.